The summed E-state index contributed by atoms with van der Waals surface area (Å²) in [7, 11) is 3.01. The lowest BCUT2D eigenvalue weighted by Crippen LogP contribution is -2.92. The highest BCUT2D eigenvalue weighted by Crippen LogP contribution is 2.73. The van der Waals surface area contributed by atoms with Crippen molar-refractivity contribution < 1.29 is 82.3 Å². The molecule has 0 radical (unpaired) electrons. The van der Waals surface area contributed by atoms with Gasteiger partial charge in [-0.1, -0.05) is 36.3 Å². The third kappa shape index (κ3) is 9.84. The number of morpholine rings is 1. The van der Waals surface area contributed by atoms with Crippen LogP contribution in [0.1, 0.15) is 120 Å². The molecule has 20 heteroatoms. The van der Waals surface area contributed by atoms with Gasteiger partial charge in [0.15, 0.2) is 28.5 Å². The van der Waals surface area contributed by atoms with E-state index in [-0.39, 0.29) is 52.6 Å². The molecule has 1 amide bonds. The predicted molar refractivity (Wildman–Crippen MR) is 295 cm³/mol. The number of aliphatic hydroxyl groups excluding tert-OH is 4. The van der Waals surface area contributed by atoms with Crippen molar-refractivity contribution in [2.75, 3.05) is 47.1 Å². The molecule has 4 bridgehead atoms. The van der Waals surface area contributed by atoms with Gasteiger partial charge in [-0.25, -0.2) is 9.59 Å². The van der Waals surface area contributed by atoms with Gasteiger partial charge in [-0.15, -0.1) is 0 Å². The van der Waals surface area contributed by atoms with Gasteiger partial charge in [0.25, 0.3) is 5.91 Å². The number of rotatable bonds is 17. The standard InChI is InChI=1S/C61H79N3O17/c1-31(2)14-13-23-58(10)24-22-39-47(79-58)38(20-15-32(3)4)49-41(48(39)78-54(72)35(7)63-52(70)36-16-18-37(19-17-36)76-55-46(69)45(68)43(66)40(30-65)77-55)44(67)42-51(64-26-28-75-29-27-64)60(62-11)34(6)50-57(8,9)81-59(56(60)73,61(42,50)80-49)25-21-33(5)53(71)74-12/h14-19,21-22,24,34-35,40,42-43,45-46,50-51,55,62,65-66,68-69H,13,20,23,25-30H2,1-12H3,(H,63,70)/b33-21-/t34-,35?,40+,42?,43+,45+,46+,50?,51?,55+,58?,59?,60?,61?/m0/s1. The summed E-state index contributed by atoms with van der Waals surface area (Å²) in [5.41, 5.74) is -3.86. The number of ketones is 2. The smallest absolute Gasteiger partial charge is 0.333 e. The molecule has 5 heterocycles. The zero-order valence-corrected chi connectivity index (χ0v) is 48.4. The summed E-state index contributed by atoms with van der Waals surface area (Å²) < 4.78 is 51.1. The van der Waals surface area contributed by atoms with Gasteiger partial charge in [0.1, 0.15) is 64.4 Å². The van der Waals surface area contributed by atoms with Gasteiger partial charge in [-0.3, -0.25) is 19.3 Å². The number of nitrogens with one attached hydrogen (secondary N) is 2. The van der Waals surface area contributed by atoms with Crippen molar-refractivity contribution in [3.63, 3.8) is 0 Å². The molecule has 81 heavy (non-hydrogen) atoms. The van der Waals surface area contributed by atoms with E-state index in [4.69, 9.17) is 37.9 Å². The second kappa shape index (κ2) is 22.4. The molecule has 8 unspecified atom stereocenters. The van der Waals surface area contributed by atoms with Gasteiger partial charge in [0.05, 0.1) is 44.0 Å². The number of hydrogen-bond acceptors (Lipinski definition) is 19. The molecule has 440 valence electrons. The third-order valence-electron chi connectivity index (χ3n) is 17.8. The number of fused-ring (bicyclic) bond motifs is 2. The van der Waals surface area contributed by atoms with Crippen LogP contribution in [0.4, 0.5) is 0 Å². The Balaban J connectivity index is 1.18. The van der Waals surface area contributed by atoms with Crippen molar-refractivity contribution in [2.24, 2.45) is 17.8 Å². The predicted octanol–water partition coefficient (Wildman–Crippen LogP) is 4.50. The summed E-state index contributed by atoms with van der Waals surface area (Å²) in [5.74, 6) is -4.93. The molecule has 6 N–H and O–H groups in total. The van der Waals surface area contributed by atoms with Crippen LogP contribution in [0.25, 0.3) is 6.08 Å². The van der Waals surface area contributed by atoms with E-state index in [1.807, 2.05) is 73.6 Å². The number of hydrogen-bond donors (Lipinski definition) is 6. The van der Waals surface area contributed by atoms with Crippen LogP contribution >= 0.6 is 0 Å². The third-order valence-corrected chi connectivity index (χ3v) is 17.8. The molecule has 14 atom stereocenters. The van der Waals surface area contributed by atoms with Crippen molar-refractivity contribution >= 4 is 35.5 Å². The second-order valence-electron chi connectivity index (χ2n) is 23.9. The Morgan fingerprint density at radius 2 is 1.59 bits per heavy atom. The van der Waals surface area contributed by atoms with Crippen molar-refractivity contribution in [2.45, 2.75) is 166 Å². The van der Waals surface area contributed by atoms with Crippen LogP contribution in [0.5, 0.6) is 23.0 Å². The highest BCUT2D eigenvalue weighted by Gasteiger charge is 2.91. The Hall–Kier alpha value is -5.81. The average Bonchev–Trinajstić information content (AvgIpc) is 1.72. The Morgan fingerprint density at radius 3 is 2.22 bits per heavy atom. The maximum Gasteiger partial charge on any atom is 0.333 e. The monoisotopic (exact) mass is 1130 g/mol. The van der Waals surface area contributed by atoms with Crippen LogP contribution in [-0.2, 0) is 39.8 Å². The zero-order valence-electron chi connectivity index (χ0n) is 48.4. The van der Waals surface area contributed by atoms with Crippen LogP contribution in [0.3, 0.4) is 0 Å². The topological polar surface area (TPSA) is 267 Å². The lowest BCUT2D eigenvalue weighted by molar-refractivity contribution is -0.277. The number of carbonyl (C=O) groups excluding carboxylic acids is 5. The number of benzene rings is 2. The minimum Gasteiger partial charge on any atom is -0.482 e. The number of esters is 2. The first-order valence-corrected chi connectivity index (χ1v) is 28.0. The fraction of sp³-hybridized carbons (Fsp3) is 0.590. The fourth-order valence-electron chi connectivity index (χ4n) is 14.0. The summed E-state index contributed by atoms with van der Waals surface area (Å²) in [5, 5.41) is 46.8. The SMILES string of the molecule is CNC12C(=O)C3(C/C=C(/C)C(=O)OC)OC(C)(C)C([C@@H]1C)C31Oc3c(CC=C(C)C)c4c(c(OC(=O)C(C)NC(=O)c5ccc(O[C@@H]6O[C@H](CO)[C@@H](O)[C@@H](O)[C@H]6O)cc5)c3C(=O)C1C2N1CCOCC1)C=CC(C)(CCC=C(C)C)O4. The van der Waals surface area contributed by atoms with Gasteiger partial charge in [0.2, 0.25) is 6.29 Å². The second-order valence-corrected chi connectivity index (χ2v) is 23.9. The molecule has 2 aromatic carbocycles. The quantitative estimate of drug-likeness (QED) is 0.0551. The minimum absolute atomic E-state index is 0.0319. The largest absolute Gasteiger partial charge is 0.482 e. The summed E-state index contributed by atoms with van der Waals surface area (Å²) in [6.45, 7) is 19.6. The number of likely N-dealkylation sites (N-methyl/N-ethyl adjacent to an activating group) is 1. The van der Waals surface area contributed by atoms with Crippen molar-refractivity contribution in [1.82, 2.24) is 15.5 Å². The van der Waals surface area contributed by atoms with Gasteiger partial charge >= 0.3 is 11.9 Å². The van der Waals surface area contributed by atoms with Crippen molar-refractivity contribution in [3.05, 3.63) is 87.5 Å². The van der Waals surface area contributed by atoms with Gasteiger partial charge < -0.3 is 69.0 Å². The van der Waals surface area contributed by atoms with Crippen LogP contribution < -0.4 is 29.6 Å². The first-order valence-electron chi connectivity index (χ1n) is 28.0. The minimum atomic E-state index is -1.88. The molecule has 20 nitrogen and oxygen atoms in total. The summed E-state index contributed by atoms with van der Waals surface area (Å²) in [6, 6.07) is 3.43. The molecule has 5 aliphatic heterocycles. The summed E-state index contributed by atoms with van der Waals surface area (Å²) in [6.07, 6.45) is 3.17. The van der Waals surface area contributed by atoms with E-state index in [0.717, 1.165) is 11.1 Å². The van der Waals surface area contributed by atoms with Gasteiger partial charge in [-0.2, -0.15) is 0 Å². The fourth-order valence-corrected chi connectivity index (χ4v) is 14.0. The average molecular weight is 1130 g/mol. The number of amides is 1. The van der Waals surface area contributed by atoms with Crippen LogP contribution in [-0.4, -0.2) is 173 Å². The Bertz CT molecular complexity index is 2950. The number of aliphatic hydroxyl groups is 4. The van der Waals surface area contributed by atoms with E-state index in [9.17, 15) is 34.8 Å². The van der Waals surface area contributed by atoms with Gasteiger partial charge in [-0.05, 0) is 131 Å². The molecule has 2 aromatic rings. The Kier molecular flexibility index (Phi) is 16.5. The molecule has 10 rings (SSSR count). The molecular weight excluding hydrogens is 1050 g/mol. The van der Waals surface area contributed by atoms with Crippen LogP contribution in [0.2, 0.25) is 0 Å². The highest BCUT2D eigenvalue weighted by molar-refractivity contribution is 6.13. The molecule has 0 aromatic heterocycles. The lowest BCUT2D eigenvalue weighted by atomic mass is 9.39. The summed E-state index contributed by atoms with van der Waals surface area (Å²) >= 11 is 0. The first kappa shape index (κ1) is 59.8. The molecule has 6 fully saturated rings. The Morgan fingerprint density at radius 1 is 0.914 bits per heavy atom. The normalized spacial score (nSPS) is 33.9. The summed E-state index contributed by atoms with van der Waals surface area (Å²) in [4.78, 5) is 77.4. The molecule has 8 aliphatic rings. The molecule has 1 spiro atoms. The maximum absolute atomic E-state index is 17.0. The number of carbonyl (C=O) groups is 5. The molecular formula is C61H79N3O17. The molecule has 3 aliphatic carbocycles. The number of nitrogens with zero attached hydrogens (tertiary/aromatic N) is 1. The van der Waals surface area contributed by atoms with E-state index in [1.54, 1.807) is 20.0 Å². The van der Waals surface area contributed by atoms with Crippen molar-refractivity contribution in [1.29, 1.82) is 0 Å². The van der Waals surface area contributed by atoms with E-state index in [2.05, 4.69) is 21.6 Å². The van der Waals surface area contributed by atoms with Gasteiger partial charge in [0, 0.05) is 48.2 Å². The Labute approximate surface area is 472 Å². The van der Waals surface area contributed by atoms with Crippen LogP contribution in [0, 0.1) is 17.8 Å². The number of methoxy groups -OCH3 is 1. The lowest BCUT2D eigenvalue weighted by Gasteiger charge is -2.70. The molecule has 3 saturated heterocycles. The van der Waals surface area contributed by atoms with E-state index in [1.165, 1.54) is 38.3 Å². The number of allylic oxidation sites excluding steroid dienone is 4. The first-order chi connectivity index (χ1) is 38.3. The zero-order chi connectivity index (χ0) is 58.9. The highest BCUT2D eigenvalue weighted by atomic mass is 16.7. The van der Waals surface area contributed by atoms with Crippen molar-refractivity contribution in [3.8, 4) is 23.0 Å². The van der Waals surface area contributed by atoms with E-state index < -0.39 is 119 Å². The van der Waals surface area contributed by atoms with E-state index in [0.29, 0.717) is 56.0 Å². The number of ether oxygens (including phenoxy) is 8. The maximum atomic E-state index is 17.0. The van der Waals surface area contributed by atoms with E-state index >= 15 is 9.59 Å². The van der Waals surface area contributed by atoms with Crippen LogP contribution in [0.15, 0.2) is 65.3 Å². The number of Topliss-reactive ketones (excluding diaryl/α,β-unsaturated/α-hetero) is 2. The molecule has 3 saturated carbocycles.